The van der Waals surface area contributed by atoms with Crippen molar-refractivity contribution >= 4 is 5.97 Å². The van der Waals surface area contributed by atoms with Crippen molar-refractivity contribution in [1.29, 1.82) is 0 Å². The summed E-state index contributed by atoms with van der Waals surface area (Å²) in [5.41, 5.74) is 1.56. The van der Waals surface area contributed by atoms with E-state index in [1.165, 1.54) is 12.8 Å². The number of esters is 1. The molecule has 0 aromatic carbocycles. The monoisotopic (exact) mass is 279 g/mol. The molecule has 5 heteroatoms. The van der Waals surface area contributed by atoms with Crippen LogP contribution in [0, 0.1) is 5.92 Å². The molecule has 0 aliphatic heterocycles. The van der Waals surface area contributed by atoms with Crippen molar-refractivity contribution < 1.29 is 9.53 Å². The van der Waals surface area contributed by atoms with Crippen LogP contribution in [0.25, 0.3) is 0 Å². The van der Waals surface area contributed by atoms with Gasteiger partial charge in [0.2, 0.25) is 0 Å². The summed E-state index contributed by atoms with van der Waals surface area (Å²) in [6, 6.07) is 0.669. The lowest BCUT2D eigenvalue weighted by Crippen LogP contribution is -2.31. The van der Waals surface area contributed by atoms with Gasteiger partial charge < -0.3 is 4.74 Å². The SMILES string of the molecule is CCOC(=O)c1cnn(C)c1CN(CC(C)C)C1CC1. The molecule has 0 N–H and O–H groups in total. The van der Waals surface area contributed by atoms with Gasteiger partial charge in [-0.3, -0.25) is 9.58 Å². The number of rotatable bonds is 7. The molecule has 1 aliphatic rings. The third-order valence-corrected chi connectivity index (χ3v) is 3.57. The molecule has 0 amide bonds. The van der Waals surface area contributed by atoms with E-state index in [-0.39, 0.29) is 5.97 Å². The molecule has 2 rings (SSSR count). The van der Waals surface area contributed by atoms with Gasteiger partial charge in [-0.2, -0.15) is 5.10 Å². The maximum absolute atomic E-state index is 12.0. The Bertz CT molecular complexity index is 464. The number of aryl methyl sites for hydroxylation is 1. The number of hydrogen-bond donors (Lipinski definition) is 0. The average molecular weight is 279 g/mol. The first kappa shape index (κ1) is 15.0. The molecule has 1 aliphatic carbocycles. The van der Waals surface area contributed by atoms with Gasteiger partial charge in [0.15, 0.2) is 0 Å². The smallest absolute Gasteiger partial charge is 0.341 e. The van der Waals surface area contributed by atoms with Crippen LogP contribution in [0.4, 0.5) is 0 Å². The van der Waals surface area contributed by atoms with Crippen LogP contribution in [0.2, 0.25) is 0 Å². The summed E-state index contributed by atoms with van der Waals surface area (Å²) < 4.78 is 6.90. The molecule has 1 saturated carbocycles. The van der Waals surface area contributed by atoms with E-state index in [0.717, 1.165) is 18.8 Å². The molecule has 20 heavy (non-hydrogen) atoms. The molecule has 0 spiro atoms. The fourth-order valence-electron chi connectivity index (χ4n) is 2.47. The molecule has 0 bridgehead atoms. The topological polar surface area (TPSA) is 47.4 Å². The van der Waals surface area contributed by atoms with Gasteiger partial charge in [-0.1, -0.05) is 13.8 Å². The number of carbonyl (C=O) groups is 1. The van der Waals surface area contributed by atoms with Crippen molar-refractivity contribution in [3.8, 4) is 0 Å². The highest BCUT2D eigenvalue weighted by Gasteiger charge is 2.31. The number of aromatic nitrogens is 2. The normalized spacial score (nSPS) is 15.1. The van der Waals surface area contributed by atoms with Crippen molar-refractivity contribution in [3.63, 3.8) is 0 Å². The molecule has 0 saturated heterocycles. The molecular formula is C15H25N3O2. The van der Waals surface area contributed by atoms with Crippen molar-refractivity contribution in [2.24, 2.45) is 13.0 Å². The Morgan fingerprint density at radius 3 is 2.80 bits per heavy atom. The average Bonchev–Trinajstić information content (AvgIpc) is 3.15. The van der Waals surface area contributed by atoms with E-state index in [1.807, 2.05) is 14.0 Å². The Hall–Kier alpha value is -1.36. The zero-order valence-corrected chi connectivity index (χ0v) is 12.9. The lowest BCUT2D eigenvalue weighted by Gasteiger charge is -2.24. The van der Waals surface area contributed by atoms with Gasteiger partial charge in [-0.25, -0.2) is 4.79 Å². The maximum atomic E-state index is 12.0. The van der Waals surface area contributed by atoms with E-state index in [2.05, 4.69) is 23.8 Å². The first-order chi connectivity index (χ1) is 9.52. The minimum atomic E-state index is -0.268. The number of carbonyl (C=O) groups excluding carboxylic acids is 1. The van der Waals surface area contributed by atoms with Gasteiger partial charge in [0, 0.05) is 26.2 Å². The summed E-state index contributed by atoms with van der Waals surface area (Å²) in [4.78, 5) is 14.4. The lowest BCUT2D eigenvalue weighted by atomic mass is 10.1. The first-order valence-corrected chi connectivity index (χ1v) is 7.45. The molecule has 0 radical (unpaired) electrons. The van der Waals surface area contributed by atoms with Gasteiger partial charge in [-0.15, -0.1) is 0 Å². The Kier molecular flexibility index (Phi) is 4.81. The highest BCUT2D eigenvalue weighted by Crippen LogP contribution is 2.29. The number of ether oxygens (including phenoxy) is 1. The van der Waals surface area contributed by atoms with Gasteiger partial charge in [0.1, 0.15) is 5.56 Å². The molecule has 1 fully saturated rings. The largest absolute Gasteiger partial charge is 0.462 e. The lowest BCUT2D eigenvalue weighted by molar-refractivity contribution is 0.0523. The summed E-state index contributed by atoms with van der Waals surface area (Å²) >= 11 is 0. The first-order valence-electron chi connectivity index (χ1n) is 7.45. The minimum Gasteiger partial charge on any atom is -0.462 e. The Morgan fingerprint density at radius 1 is 1.55 bits per heavy atom. The second-order valence-corrected chi connectivity index (χ2v) is 5.90. The second kappa shape index (κ2) is 6.39. The Morgan fingerprint density at radius 2 is 2.25 bits per heavy atom. The van der Waals surface area contributed by atoms with Gasteiger partial charge >= 0.3 is 5.97 Å². The van der Waals surface area contributed by atoms with Crippen LogP contribution < -0.4 is 0 Å². The van der Waals surface area contributed by atoms with Crippen molar-refractivity contribution in [3.05, 3.63) is 17.5 Å². The van der Waals surface area contributed by atoms with Gasteiger partial charge in [0.05, 0.1) is 18.5 Å². The van der Waals surface area contributed by atoms with E-state index in [1.54, 1.807) is 10.9 Å². The van der Waals surface area contributed by atoms with Crippen LogP contribution in [0.1, 0.15) is 49.7 Å². The summed E-state index contributed by atoms with van der Waals surface area (Å²) in [7, 11) is 1.89. The zero-order valence-electron chi connectivity index (χ0n) is 12.9. The fourth-order valence-corrected chi connectivity index (χ4v) is 2.47. The highest BCUT2D eigenvalue weighted by atomic mass is 16.5. The van der Waals surface area contributed by atoms with Crippen LogP contribution in [-0.2, 0) is 18.3 Å². The van der Waals surface area contributed by atoms with E-state index in [9.17, 15) is 4.79 Å². The van der Waals surface area contributed by atoms with Crippen LogP contribution in [0.3, 0.4) is 0 Å². The molecule has 5 nitrogen and oxygen atoms in total. The summed E-state index contributed by atoms with van der Waals surface area (Å²) in [5.74, 6) is 0.353. The highest BCUT2D eigenvalue weighted by molar-refractivity contribution is 5.90. The Labute approximate surface area is 120 Å². The van der Waals surface area contributed by atoms with E-state index in [4.69, 9.17) is 4.74 Å². The van der Waals surface area contributed by atoms with Crippen molar-refractivity contribution in [2.75, 3.05) is 13.2 Å². The molecule has 1 aromatic heterocycles. The third-order valence-electron chi connectivity index (χ3n) is 3.57. The third kappa shape index (κ3) is 3.60. The van der Waals surface area contributed by atoms with Crippen LogP contribution in [-0.4, -0.2) is 39.8 Å². The number of hydrogen-bond acceptors (Lipinski definition) is 4. The predicted octanol–water partition coefficient (Wildman–Crippen LogP) is 2.22. The maximum Gasteiger partial charge on any atom is 0.341 e. The molecule has 112 valence electrons. The summed E-state index contributed by atoms with van der Waals surface area (Å²) in [5, 5.41) is 4.22. The summed E-state index contributed by atoms with van der Waals surface area (Å²) in [6.07, 6.45) is 4.15. The van der Waals surface area contributed by atoms with E-state index in [0.29, 0.717) is 24.1 Å². The minimum absolute atomic E-state index is 0.268. The quantitative estimate of drug-likeness (QED) is 0.718. The van der Waals surface area contributed by atoms with E-state index < -0.39 is 0 Å². The van der Waals surface area contributed by atoms with Crippen LogP contribution >= 0.6 is 0 Å². The Balaban J connectivity index is 2.14. The zero-order chi connectivity index (χ0) is 14.7. The predicted molar refractivity (Wildman–Crippen MR) is 77.4 cm³/mol. The van der Waals surface area contributed by atoms with Gasteiger partial charge in [-0.05, 0) is 25.7 Å². The van der Waals surface area contributed by atoms with Crippen molar-refractivity contribution in [1.82, 2.24) is 14.7 Å². The standard InChI is InChI=1S/C15H25N3O2/c1-5-20-15(19)13-8-16-17(4)14(13)10-18(9-11(2)3)12-6-7-12/h8,11-12H,5-7,9-10H2,1-4H3. The fraction of sp³-hybridized carbons (Fsp3) is 0.733. The van der Waals surface area contributed by atoms with Crippen LogP contribution in [0.15, 0.2) is 6.20 Å². The molecule has 1 heterocycles. The summed E-state index contributed by atoms with van der Waals surface area (Å²) in [6.45, 7) is 8.50. The van der Waals surface area contributed by atoms with E-state index >= 15 is 0 Å². The van der Waals surface area contributed by atoms with Crippen molar-refractivity contribution in [2.45, 2.75) is 46.2 Å². The van der Waals surface area contributed by atoms with Gasteiger partial charge in [0.25, 0.3) is 0 Å². The molecular weight excluding hydrogens is 254 g/mol. The molecule has 0 atom stereocenters. The second-order valence-electron chi connectivity index (χ2n) is 5.90. The molecule has 0 unspecified atom stereocenters. The van der Waals surface area contributed by atoms with Crippen LogP contribution in [0.5, 0.6) is 0 Å². The number of nitrogens with zero attached hydrogens (tertiary/aromatic N) is 3. The molecule has 1 aromatic rings.